The molecule has 0 amide bonds. The van der Waals surface area contributed by atoms with Crippen LogP contribution in [-0.4, -0.2) is 5.78 Å². The molecular formula is C19H9F5O2. The first-order chi connectivity index (χ1) is 12.4. The second-order valence-corrected chi connectivity index (χ2v) is 5.21. The van der Waals surface area contributed by atoms with E-state index in [-0.39, 0.29) is 5.56 Å². The Balaban J connectivity index is 1.92. The van der Waals surface area contributed by atoms with E-state index in [0.29, 0.717) is 11.5 Å². The third-order valence-electron chi connectivity index (χ3n) is 3.53. The lowest BCUT2D eigenvalue weighted by Gasteiger charge is -2.09. The minimum atomic E-state index is -2.32. The van der Waals surface area contributed by atoms with Gasteiger partial charge in [0, 0.05) is 5.56 Å². The lowest BCUT2D eigenvalue weighted by Crippen LogP contribution is -2.13. The molecule has 26 heavy (non-hydrogen) atoms. The van der Waals surface area contributed by atoms with E-state index in [1.807, 2.05) is 0 Å². The molecule has 0 aliphatic heterocycles. The summed E-state index contributed by atoms with van der Waals surface area (Å²) in [7, 11) is 0. The summed E-state index contributed by atoms with van der Waals surface area (Å²) in [5.74, 6) is -11.5. The molecule has 0 unspecified atom stereocenters. The second kappa shape index (κ2) is 6.95. The van der Waals surface area contributed by atoms with Crippen LogP contribution >= 0.6 is 0 Å². The van der Waals surface area contributed by atoms with Gasteiger partial charge in [0.25, 0.3) is 0 Å². The normalized spacial score (nSPS) is 10.7. The maximum Gasteiger partial charge on any atom is 0.200 e. The number of carbonyl (C=O) groups is 1. The average Bonchev–Trinajstić information content (AvgIpc) is 2.66. The van der Waals surface area contributed by atoms with Gasteiger partial charge in [-0.15, -0.1) is 0 Å². The maximum atomic E-state index is 13.7. The maximum absolute atomic E-state index is 13.7. The van der Waals surface area contributed by atoms with E-state index in [4.69, 9.17) is 4.74 Å². The van der Waals surface area contributed by atoms with Crippen LogP contribution in [0.2, 0.25) is 0 Å². The van der Waals surface area contributed by atoms with E-state index in [9.17, 15) is 26.7 Å². The van der Waals surface area contributed by atoms with Gasteiger partial charge < -0.3 is 4.74 Å². The van der Waals surface area contributed by atoms with Crippen molar-refractivity contribution in [2.24, 2.45) is 0 Å². The van der Waals surface area contributed by atoms with Crippen molar-refractivity contribution in [3.63, 3.8) is 0 Å². The van der Waals surface area contributed by atoms with Crippen molar-refractivity contribution in [1.82, 2.24) is 0 Å². The van der Waals surface area contributed by atoms with Crippen LogP contribution < -0.4 is 4.74 Å². The third kappa shape index (κ3) is 3.15. The molecule has 2 nitrogen and oxygen atoms in total. The number of ketones is 1. The van der Waals surface area contributed by atoms with Gasteiger partial charge in [-0.1, -0.05) is 18.2 Å². The Hall–Kier alpha value is -3.22. The van der Waals surface area contributed by atoms with Crippen molar-refractivity contribution in [3.05, 3.63) is 94.8 Å². The summed E-state index contributed by atoms with van der Waals surface area (Å²) in [6, 6.07) is 13.7. The average molecular weight is 364 g/mol. The molecule has 0 saturated carbocycles. The molecule has 7 heteroatoms. The topological polar surface area (TPSA) is 26.3 Å². The van der Waals surface area contributed by atoms with Crippen LogP contribution in [0.4, 0.5) is 22.0 Å². The molecule has 3 aromatic carbocycles. The van der Waals surface area contributed by atoms with Gasteiger partial charge in [0.1, 0.15) is 17.1 Å². The van der Waals surface area contributed by atoms with E-state index in [1.54, 1.807) is 30.3 Å². The number of benzene rings is 3. The van der Waals surface area contributed by atoms with Crippen molar-refractivity contribution < 1.29 is 31.5 Å². The van der Waals surface area contributed by atoms with Gasteiger partial charge in [-0.05, 0) is 36.4 Å². The monoisotopic (exact) mass is 364 g/mol. The molecule has 0 N–H and O–H groups in total. The second-order valence-electron chi connectivity index (χ2n) is 5.21. The van der Waals surface area contributed by atoms with Crippen LogP contribution in [0.3, 0.4) is 0 Å². The van der Waals surface area contributed by atoms with Crippen molar-refractivity contribution in [2.75, 3.05) is 0 Å². The Morgan fingerprint density at radius 2 is 1.08 bits per heavy atom. The summed E-state index contributed by atoms with van der Waals surface area (Å²) in [6.45, 7) is 0. The van der Waals surface area contributed by atoms with Crippen molar-refractivity contribution in [1.29, 1.82) is 0 Å². The van der Waals surface area contributed by atoms with Gasteiger partial charge in [-0.25, -0.2) is 22.0 Å². The first-order valence-corrected chi connectivity index (χ1v) is 7.29. The van der Waals surface area contributed by atoms with Crippen molar-refractivity contribution in [2.45, 2.75) is 0 Å². The summed E-state index contributed by atoms with van der Waals surface area (Å²) in [4.78, 5) is 12.2. The largest absolute Gasteiger partial charge is 0.457 e. The highest BCUT2D eigenvalue weighted by atomic mass is 19.2. The number of hydrogen-bond acceptors (Lipinski definition) is 2. The molecule has 3 aromatic rings. The predicted octanol–water partition coefficient (Wildman–Crippen LogP) is 5.41. The molecule has 0 saturated heterocycles. The highest BCUT2D eigenvalue weighted by Gasteiger charge is 2.30. The smallest absolute Gasteiger partial charge is 0.200 e. The van der Waals surface area contributed by atoms with Crippen LogP contribution in [0.5, 0.6) is 11.5 Å². The minimum Gasteiger partial charge on any atom is -0.457 e. The first kappa shape index (κ1) is 17.6. The molecular weight excluding hydrogens is 355 g/mol. The molecule has 0 aliphatic carbocycles. The van der Waals surface area contributed by atoms with Crippen LogP contribution in [0, 0.1) is 29.1 Å². The Kier molecular flexibility index (Phi) is 4.71. The fraction of sp³-hybridized carbons (Fsp3) is 0. The predicted molar refractivity (Wildman–Crippen MR) is 82.6 cm³/mol. The van der Waals surface area contributed by atoms with Gasteiger partial charge in [-0.2, -0.15) is 0 Å². The van der Waals surface area contributed by atoms with Gasteiger partial charge in [0.2, 0.25) is 5.82 Å². The van der Waals surface area contributed by atoms with E-state index in [1.165, 1.54) is 24.3 Å². The molecule has 0 spiro atoms. The van der Waals surface area contributed by atoms with Crippen LogP contribution in [-0.2, 0) is 0 Å². The fourth-order valence-corrected chi connectivity index (χ4v) is 2.25. The summed E-state index contributed by atoms with van der Waals surface area (Å²) in [5.41, 5.74) is -1.76. The molecule has 3 rings (SSSR count). The number of rotatable bonds is 4. The standard InChI is InChI=1S/C19H9F5O2/c20-14-13(15(21)17(23)18(24)16(14)22)19(25)10-6-8-12(9-7-10)26-11-4-2-1-3-5-11/h1-9H. The summed E-state index contributed by atoms with van der Waals surface area (Å²) < 4.78 is 72.5. The van der Waals surface area contributed by atoms with Gasteiger partial charge in [0.05, 0.1) is 0 Å². The number of halogens is 5. The zero-order valence-corrected chi connectivity index (χ0v) is 12.9. The lowest BCUT2D eigenvalue weighted by atomic mass is 10.0. The van der Waals surface area contributed by atoms with Crippen molar-refractivity contribution >= 4 is 5.78 Å². The van der Waals surface area contributed by atoms with E-state index in [2.05, 4.69) is 0 Å². The molecule has 0 radical (unpaired) electrons. The summed E-state index contributed by atoms with van der Waals surface area (Å²) in [5, 5.41) is 0. The van der Waals surface area contributed by atoms with Crippen molar-refractivity contribution in [3.8, 4) is 11.5 Å². The molecule has 132 valence electrons. The number of carbonyl (C=O) groups excluding carboxylic acids is 1. The van der Waals surface area contributed by atoms with Crippen LogP contribution in [0.25, 0.3) is 0 Å². The molecule has 0 heterocycles. The Morgan fingerprint density at radius 1 is 0.615 bits per heavy atom. The summed E-state index contributed by atoms with van der Waals surface area (Å²) in [6.07, 6.45) is 0. The zero-order chi connectivity index (χ0) is 18.8. The van der Waals surface area contributed by atoms with E-state index in [0.717, 1.165) is 0 Å². The van der Waals surface area contributed by atoms with Gasteiger partial charge >= 0.3 is 0 Å². The zero-order valence-electron chi connectivity index (χ0n) is 12.9. The number of hydrogen-bond donors (Lipinski definition) is 0. The highest BCUT2D eigenvalue weighted by molar-refractivity contribution is 6.09. The number of ether oxygens (including phenoxy) is 1. The Labute approximate surface area is 144 Å². The van der Waals surface area contributed by atoms with Gasteiger partial charge in [-0.3, -0.25) is 4.79 Å². The first-order valence-electron chi connectivity index (χ1n) is 7.29. The molecule has 0 aromatic heterocycles. The quantitative estimate of drug-likeness (QED) is 0.268. The summed E-state index contributed by atoms with van der Waals surface area (Å²) >= 11 is 0. The SMILES string of the molecule is O=C(c1ccc(Oc2ccccc2)cc1)c1c(F)c(F)c(F)c(F)c1F. The number of para-hydroxylation sites is 1. The minimum absolute atomic E-state index is 0.256. The van der Waals surface area contributed by atoms with Crippen LogP contribution in [0.15, 0.2) is 54.6 Å². The Bertz CT molecular complexity index is 940. The van der Waals surface area contributed by atoms with E-state index >= 15 is 0 Å². The van der Waals surface area contributed by atoms with E-state index < -0.39 is 40.4 Å². The molecule has 0 atom stereocenters. The third-order valence-corrected chi connectivity index (χ3v) is 3.53. The molecule has 0 bridgehead atoms. The molecule has 0 aliphatic rings. The fourth-order valence-electron chi connectivity index (χ4n) is 2.25. The Morgan fingerprint density at radius 3 is 1.62 bits per heavy atom. The lowest BCUT2D eigenvalue weighted by molar-refractivity contribution is 0.102. The van der Waals surface area contributed by atoms with Gasteiger partial charge in [0.15, 0.2) is 29.1 Å². The van der Waals surface area contributed by atoms with Crippen LogP contribution in [0.1, 0.15) is 15.9 Å². The highest BCUT2D eigenvalue weighted by Crippen LogP contribution is 2.27. The molecule has 0 fully saturated rings.